The van der Waals surface area contributed by atoms with Gasteiger partial charge in [0.1, 0.15) is 0 Å². The third-order valence-corrected chi connectivity index (χ3v) is 3.03. The molecule has 1 aromatic carbocycles. The predicted molar refractivity (Wildman–Crippen MR) is 65.8 cm³/mol. The number of methoxy groups -OCH3 is 1. The van der Waals surface area contributed by atoms with Crippen LogP contribution in [0.5, 0.6) is 0 Å². The second-order valence-corrected chi connectivity index (χ2v) is 4.60. The minimum atomic E-state index is -0.820. The molecule has 5 heteroatoms. The Morgan fingerprint density at radius 3 is 2.62 bits per heavy atom. The first-order chi connectivity index (χ1) is 7.63. The number of carbonyl (C=O) groups is 1. The monoisotopic (exact) mass is 332 g/mol. The number of halogens is 1. The molecule has 1 amide bonds. The Balaban J connectivity index is 2.51. The number of nitrogens with zero attached hydrogens (tertiary/aromatic N) is 1. The minimum absolute atomic E-state index is 0.193. The van der Waals surface area contributed by atoms with Crippen molar-refractivity contribution < 1.29 is 14.3 Å². The first-order valence-electron chi connectivity index (χ1n) is 4.76. The normalized spacial score (nSPS) is 20.7. The van der Waals surface area contributed by atoms with Gasteiger partial charge in [-0.3, -0.25) is 9.37 Å². The highest BCUT2D eigenvalue weighted by Gasteiger charge is 2.35. The van der Waals surface area contributed by atoms with Crippen molar-refractivity contribution >= 4 is 28.5 Å². The number of carbonyl (C=O) groups excluding carboxylic acids is 1. The fraction of sp³-hybridized carbons (Fsp3) is 0.273. The molecule has 1 unspecified atom stereocenters. The molecule has 1 aromatic rings. The Morgan fingerprint density at radius 2 is 2.12 bits per heavy atom. The van der Waals surface area contributed by atoms with E-state index in [0.717, 1.165) is 8.93 Å². The highest BCUT2D eigenvalue weighted by Crippen LogP contribution is 2.16. The Kier molecular flexibility index (Phi) is 3.36. The van der Waals surface area contributed by atoms with Crippen LogP contribution in [0.1, 0.15) is 6.92 Å². The maximum absolute atomic E-state index is 11.9. The molecule has 1 atom stereocenters. The molecule has 1 aliphatic rings. The van der Waals surface area contributed by atoms with Gasteiger partial charge in [-0.2, -0.15) is 24.3 Å². The van der Waals surface area contributed by atoms with Crippen molar-refractivity contribution in [2.24, 2.45) is 0 Å². The van der Waals surface area contributed by atoms with Gasteiger partial charge >= 0.3 is 5.91 Å². The fourth-order valence-electron chi connectivity index (χ4n) is 1.57. The SMILES string of the molecule is COC1O[C-](C)[N+](=c2cc[c-](I)cc2)C1=O. The molecule has 1 aliphatic heterocycles. The van der Waals surface area contributed by atoms with Gasteiger partial charge in [-0.15, -0.1) is 22.6 Å². The van der Waals surface area contributed by atoms with Crippen LogP contribution in [-0.2, 0) is 14.3 Å². The molecule has 0 bridgehead atoms. The maximum Gasteiger partial charge on any atom is 0.338 e. The molecule has 1 heterocycles. The predicted octanol–water partition coefficient (Wildman–Crippen LogP) is 0.821. The molecule has 86 valence electrons. The van der Waals surface area contributed by atoms with E-state index >= 15 is 0 Å². The van der Waals surface area contributed by atoms with Gasteiger partial charge < -0.3 is 9.47 Å². The van der Waals surface area contributed by atoms with Crippen LogP contribution in [0, 0.1) is 9.80 Å². The summed E-state index contributed by atoms with van der Waals surface area (Å²) >= 11 is 2.22. The number of ether oxygens (including phenoxy) is 2. The van der Waals surface area contributed by atoms with E-state index in [1.165, 1.54) is 11.7 Å². The van der Waals surface area contributed by atoms with Crippen LogP contribution in [0.15, 0.2) is 24.3 Å². The van der Waals surface area contributed by atoms with Gasteiger partial charge in [-0.1, -0.05) is 3.57 Å². The van der Waals surface area contributed by atoms with E-state index in [1.807, 2.05) is 24.3 Å². The molecular formula is C11H11INO3-. The number of amides is 1. The summed E-state index contributed by atoms with van der Waals surface area (Å²) in [6, 6.07) is 7.64. The zero-order valence-corrected chi connectivity index (χ0v) is 11.1. The fourth-order valence-corrected chi connectivity index (χ4v) is 1.93. The lowest BCUT2D eigenvalue weighted by Crippen LogP contribution is -2.35. The largest absolute Gasteiger partial charge is 0.354 e. The lowest BCUT2D eigenvalue weighted by molar-refractivity contribution is -0.145. The molecule has 0 aromatic heterocycles. The van der Waals surface area contributed by atoms with E-state index in [0.29, 0.717) is 6.23 Å². The second kappa shape index (κ2) is 4.60. The average molecular weight is 332 g/mol. The Hall–Kier alpha value is -0.790. The van der Waals surface area contributed by atoms with E-state index in [4.69, 9.17) is 9.47 Å². The van der Waals surface area contributed by atoms with Crippen LogP contribution in [0.4, 0.5) is 0 Å². The Bertz CT molecular complexity index is 460. The first kappa shape index (κ1) is 11.7. The van der Waals surface area contributed by atoms with Crippen molar-refractivity contribution in [3.63, 3.8) is 0 Å². The van der Waals surface area contributed by atoms with Gasteiger partial charge in [0.15, 0.2) is 6.23 Å². The third kappa shape index (κ3) is 2.02. The van der Waals surface area contributed by atoms with Crippen LogP contribution < -0.4 is 9.93 Å². The number of hydrogen-bond donors (Lipinski definition) is 0. The molecule has 0 spiro atoms. The minimum Gasteiger partial charge on any atom is -0.354 e. The van der Waals surface area contributed by atoms with Crippen molar-refractivity contribution in [3.05, 3.63) is 39.4 Å². The molecular weight excluding hydrogens is 321 g/mol. The zero-order valence-electron chi connectivity index (χ0n) is 8.94. The number of hydrogen-bond acceptors (Lipinski definition) is 3. The zero-order chi connectivity index (χ0) is 11.7. The molecule has 0 saturated carbocycles. The highest BCUT2D eigenvalue weighted by molar-refractivity contribution is 14.1. The van der Waals surface area contributed by atoms with Crippen molar-refractivity contribution in [3.8, 4) is 0 Å². The van der Waals surface area contributed by atoms with Gasteiger partial charge in [0.25, 0.3) is 0 Å². The molecule has 0 aliphatic carbocycles. The second-order valence-electron chi connectivity index (χ2n) is 3.35. The quantitative estimate of drug-likeness (QED) is 0.434. The topological polar surface area (TPSA) is 38.5 Å². The molecule has 0 N–H and O–H groups in total. The van der Waals surface area contributed by atoms with Gasteiger partial charge in [0.2, 0.25) is 6.29 Å². The summed E-state index contributed by atoms with van der Waals surface area (Å²) in [5, 5.41) is 0.794. The van der Waals surface area contributed by atoms with Crippen LogP contribution in [0.3, 0.4) is 0 Å². The van der Waals surface area contributed by atoms with Crippen LogP contribution in [-0.4, -0.2) is 19.3 Å². The van der Waals surface area contributed by atoms with E-state index in [-0.39, 0.29) is 5.91 Å². The van der Waals surface area contributed by atoms with Gasteiger partial charge in [0.05, 0.1) is 0 Å². The summed E-state index contributed by atoms with van der Waals surface area (Å²) in [6.45, 7) is 1.74. The lowest BCUT2D eigenvalue weighted by atomic mass is 10.3. The third-order valence-electron chi connectivity index (χ3n) is 2.31. The van der Waals surface area contributed by atoms with Crippen LogP contribution in [0.25, 0.3) is 0 Å². The summed E-state index contributed by atoms with van der Waals surface area (Å²) in [4.78, 5) is 11.9. The molecule has 1 saturated heterocycles. The first-order valence-corrected chi connectivity index (χ1v) is 5.84. The summed E-state index contributed by atoms with van der Waals surface area (Å²) in [7, 11) is 1.45. The van der Waals surface area contributed by atoms with Crippen molar-refractivity contribution in [1.82, 2.24) is 4.58 Å². The van der Waals surface area contributed by atoms with Crippen molar-refractivity contribution in [2.45, 2.75) is 13.2 Å². The van der Waals surface area contributed by atoms with Gasteiger partial charge in [-0.05, 0) is 6.92 Å². The Morgan fingerprint density at radius 1 is 1.50 bits per heavy atom. The number of benzene rings is 1. The Labute approximate surface area is 107 Å². The standard InChI is InChI=1S/C11H11INO3/c1-7-13(10(14)11(15-2)16-7)9-5-3-8(12)4-6-9/h3-6,11H,1-2H3/q-1. The van der Waals surface area contributed by atoms with Crippen LogP contribution in [0.2, 0.25) is 0 Å². The summed E-state index contributed by atoms with van der Waals surface area (Å²) in [6.07, 6.45) is -0.280. The average Bonchev–Trinajstić information content (AvgIpc) is 2.56. The summed E-state index contributed by atoms with van der Waals surface area (Å²) in [5.41, 5.74) is 0. The maximum atomic E-state index is 11.9. The summed E-state index contributed by atoms with van der Waals surface area (Å²) < 4.78 is 12.9. The van der Waals surface area contributed by atoms with Gasteiger partial charge in [0, 0.05) is 12.5 Å². The smallest absolute Gasteiger partial charge is 0.338 e. The molecule has 0 radical (unpaired) electrons. The van der Waals surface area contributed by atoms with E-state index in [9.17, 15) is 4.79 Å². The highest BCUT2D eigenvalue weighted by atomic mass is 127. The van der Waals surface area contributed by atoms with Gasteiger partial charge in [-0.25, -0.2) is 0 Å². The molecule has 16 heavy (non-hydrogen) atoms. The van der Waals surface area contributed by atoms with Crippen molar-refractivity contribution in [2.75, 3.05) is 7.11 Å². The lowest BCUT2D eigenvalue weighted by Gasteiger charge is -2.07. The van der Waals surface area contributed by atoms with E-state index in [1.54, 1.807) is 6.92 Å². The molecule has 1 fully saturated rings. The van der Waals surface area contributed by atoms with Crippen molar-refractivity contribution in [1.29, 1.82) is 0 Å². The van der Waals surface area contributed by atoms with Crippen LogP contribution >= 0.6 is 22.6 Å². The molecule has 4 nitrogen and oxygen atoms in total. The van der Waals surface area contributed by atoms with E-state index in [2.05, 4.69) is 22.6 Å². The van der Waals surface area contributed by atoms with E-state index < -0.39 is 6.29 Å². The number of rotatable bonds is 1. The molecule has 2 rings (SSSR count). The summed E-state index contributed by atoms with van der Waals surface area (Å²) in [5.74, 6) is -0.193.